The minimum atomic E-state index is -0.617. The van der Waals surface area contributed by atoms with Gasteiger partial charge < -0.3 is 5.11 Å². The van der Waals surface area contributed by atoms with Crippen LogP contribution >= 0.6 is 0 Å². The highest BCUT2D eigenvalue weighted by Gasteiger charge is 2.31. The molecular weight excluding hydrogens is 248 g/mol. The summed E-state index contributed by atoms with van der Waals surface area (Å²) in [5, 5.41) is 9.60. The number of hydrogen-bond acceptors (Lipinski definition) is 1. The molecule has 0 spiro atoms. The van der Waals surface area contributed by atoms with Crippen LogP contribution < -0.4 is 0 Å². The van der Waals surface area contributed by atoms with Crippen LogP contribution in [-0.2, 0) is 11.2 Å². The van der Waals surface area contributed by atoms with E-state index in [1.54, 1.807) is 0 Å². The molecule has 110 valence electrons. The lowest BCUT2D eigenvalue weighted by Gasteiger charge is -2.32. The van der Waals surface area contributed by atoms with E-state index in [1.165, 1.54) is 30.4 Å². The van der Waals surface area contributed by atoms with Gasteiger partial charge in [0.15, 0.2) is 0 Å². The molecule has 2 nitrogen and oxygen atoms in total. The molecule has 20 heavy (non-hydrogen) atoms. The Bertz CT molecular complexity index is 444. The quantitative estimate of drug-likeness (QED) is 0.861. The van der Waals surface area contributed by atoms with Gasteiger partial charge in [-0.25, -0.2) is 0 Å². The molecular formula is C18H26O2. The number of benzene rings is 1. The Morgan fingerprint density at radius 1 is 1.25 bits per heavy atom. The first-order valence-corrected chi connectivity index (χ1v) is 7.89. The Morgan fingerprint density at radius 3 is 2.45 bits per heavy atom. The maximum absolute atomic E-state index is 11.7. The maximum Gasteiger partial charge on any atom is 0.307 e. The number of carboxylic acids is 1. The molecule has 1 unspecified atom stereocenters. The predicted molar refractivity (Wildman–Crippen MR) is 81.7 cm³/mol. The zero-order valence-electron chi connectivity index (χ0n) is 12.6. The van der Waals surface area contributed by atoms with Crippen LogP contribution in [0, 0.1) is 24.7 Å². The Morgan fingerprint density at radius 2 is 1.90 bits per heavy atom. The third-order valence-electron chi connectivity index (χ3n) is 5.06. The lowest BCUT2D eigenvalue weighted by Crippen LogP contribution is -2.29. The van der Waals surface area contributed by atoms with Gasteiger partial charge in [-0.3, -0.25) is 4.79 Å². The molecule has 0 radical (unpaired) electrons. The van der Waals surface area contributed by atoms with Crippen molar-refractivity contribution in [1.82, 2.24) is 0 Å². The molecule has 0 bridgehead atoms. The summed E-state index contributed by atoms with van der Waals surface area (Å²) in [5.74, 6) is 0.344. The molecule has 1 aromatic rings. The molecule has 2 rings (SSSR count). The van der Waals surface area contributed by atoms with E-state index in [-0.39, 0.29) is 5.92 Å². The molecule has 0 heterocycles. The molecule has 1 atom stereocenters. The zero-order chi connectivity index (χ0) is 14.5. The molecule has 1 fully saturated rings. The molecule has 1 aliphatic rings. The van der Waals surface area contributed by atoms with Crippen molar-refractivity contribution in [3.8, 4) is 0 Å². The number of rotatable bonds is 5. The van der Waals surface area contributed by atoms with Crippen LogP contribution in [0.3, 0.4) is 0 Å². The van der Waals surface area contributed by atoms with Crippen molar-refractivity contribution in [2.75, 3.05) is 0 Å². The Kier molecular flexibility index (Phi) is 5.22. The maximum atomic E-state index is 11.7. The minimum absolute atomic E-state index is 0.214. The van der Waals surface area contributed by atoms with Crippen molar-refractivity contribution < 1.29 is 9.90 Å². The SMILES string of the molecule is CCC1CCC(C(Cc2ccccc2C)C(=O)O)CC1. The fourth-order valence-electron chi connectivity index (χ4n) is 3.53. The topological polar surface area (TPSA) is 37.3 Å². The highest BCUT2D eigenvalue weighted by molar-refractivity contribution is 5.71. The largest absolute Gasteiger partial charge is 0.481 e. The zero-order valence-corrected chi connectivity index (χ0v) is 12.6. The van der Waals surface area contributed by atoms with Crippen molar-refractivity contribution in [3.63, 3.8) is 0 Å². The van der Waals surface area contributed by atoms with Crippen LogP contribution in [-0.4, -0.2) is 11.1 Å². The average Bonchev–Trinajstić information content (AvgIpc) is 2.46. The highest BCUT2D eigenvalue weighted by atomic mass is 16.4. The molecule has 0 amide bonds. The van der Waals surface area contributed by atoms with Crippen LogP contribution in [0.1, 0.15) is 50.2 Å². The van der Waals surface area contributed by atoms with Crippen LogP contribution in [0.2, 0.25) is 0 Å². The molecule has 1 N–H and O–H groups in total. The summed E-state index contributed by atoms with van der Waals surface area (Å²) < 4.78 is 0. The van der Waals surface area contributed by atoms with E-state index in [4.69, 9.17) is 0 Å². The van der Waals surface area contributed by atoms with Gasteiger partial charge in [0.2, 0.25) is 0 Å². The molecule has 1 saturated carbocycles. The first-order valence-electron chi connectivity index (χ1n) is 7.89. The third-order valence-corrected chi connectivity index (χ3v) is 5.06. The Hall–Kier alpha value is -1.31. The number of carbonyl (C=O) groups is 1. The van der Waals surface area contributed by atoms with Gasteiger partial charge in [0.1, 0.15) is 0 Å². The van der Waals surface area contributed by atoms with E-state index in [1.807, 2.05) is 12.1 Å². The first kappa shape index (κ1) is 15.1. The van der Waals surface area contributed by atoms with Gasteiger partial charge in [0, 0.05) is 0 Å². The van der Waals surface area contributed by atoms with Crippen molar-refractivity contribution in [3.05, 3.63) is 35.4 Å². The lowest BCUT2D eigenvalue weighted by molar-refractivity contribution is -0.144. The van der Waals surface area contributed by atoms with Crippen molar-refractivity contribution in [2.45, 2.75) is 52.4 Å². The second kappa shape index (κ2) is 6.92. The lowest BCUT2D eigenvalue weighted by atomic mass is 9.73. The molecule has 1 aromatic carbocycles. The summed E-state index contributed by atoms with van der Waals surface area (Å²) in [6.07, 6.45) is 6.51. The van der Waals surface area contributed by atoms with E-state index in [0.717, 1.165) is 18.8 Å². The van der Waals surface area contributed by atoms with Crippen LogP contribution in [0.25, 0.3) is 0 Å². The van der Waals surface area contributed by atoms with E-state index < -0.39 is 5.97 Å². The van der Waals surface area contributed by atoms with E-state index in [2.05, 4.69) is 26.0 Å². The predicted octanol–water partition coefficient (Wildman–Crippen LogP) is 4.45. The number of aryl methyl sites for hydroxylation is 1. The van der Waals surface area contributed by atoms with Gasteiger partial charge in [-0.1, -0.05) is 50.5 Å². The van der Waals surface area contributed by atoms with Gasteiger partial charge >= 0.3 is 5.97 Å². The first-order chi connectivity index (χ1) is 9.61. The second-order valence-electron chi connectivity index (χ2n) is 6.26. The van der Waals surface area contributed by atoms with Gasteiger partial charge in [-0.05, 0) is 49.1 Å². The molecule has 1 aliphatic carbocycles. The fourth-order valence-corrected chi connectivity index (χ4v) is 3.53. The van der Waals surface area contributed by atoms with E-state index in [9.17, 15) is 9.90 Å². The normalized spacial score (nSPS) is 24.3. The van der Waals surface area contributed by atoms with Gasteiger partial charge in [-0.15, -0.1) is 0 Å². The van der Waals surface area contributed by atoms with Crippen molar-refractivity contribution in [1.29, 1.82) is 0 Å². The summed E-state index contributed by atoms with van der Waals surface area (Å²) in [6, 6.07) is 8.17. The molecule has 2 heteroatoms. The summed E-state index contributed by atoms with van der Waals surface area (Å²) >= 11 is 0. The average molecular weight is 274 g/mol. The van der Waals surface area contributed by atoms with Crippen LogP contribution in [0.5, 0.6) is 0 Å². The van der Waals surface area contributed by atoms with Crippen molar-refractivity contribution in [2.24, 2.45) is 17.8 Å². The molecule has 0 saturated heterocycles. The van der Waals surface area contributed by atoms with Crippen LogP contribution in [0.4, 0.5) is 0 Å². The summed E-state index contributed by atoms with van der Waals surface area (Å²) in [5.41, 5.74) is 2.40. The smallest absolute Gasteiger partial charge is 0.307 e. The third kappa shape index (κ3) is 3.62. The summed E-state index contributed by atoms with van der Waals surface area (Å²) in [4.78, 5) is 11.7. The highest BCUT2D eigenvalue weighted by Crippen LogP contribution is 2.36. The fraction of sp³-hybridized carbons (Fsp3) is 0.611. The number of hydrogen-bond donors (Lipinski definition) is 1. The standard InChI is InChI=1S/C18H26O2/c1-3-14-8-10-15(11-9-14)17(18(19)20)12-16-7-5-4-6-13(16)2/h4-7,14-15,17H,3,8-12H2,1-2H3,(H,19,20). The van der Waals surface area contributed by atoms with Crippen molar-refractivity contribution >= 4 is 5.97 Å². The minimum Gasteiger partial charge on any atom is -0.481 e. The monoisotopic (exact) mass is 274 g/mol. The number of carboxylic acid groups (broad SMARTS) is 1. The molecule has 0 aromatic heterocycles. The van der Waals surface area contributed by atoms with E-state index >= 15 is 0 Å². The summed E-state index contributed by atoms with van der Waals surface area (Å²) in [7, 11) is 0. The summed E-state index contributed by atoms with van der Waals surface area (Å²) in [6.45, 7) is 4.31. The number of aliphatic carboxylic acids is 1. The van der Waals surface area contributed by atoms with Gasteiger partial charge in [-0.2, -0.15) is 0 Å². The Balaban J connectivity index is 2.05. The van der Waals surface area contributed by atoms with Crippen LogP contribution in [0.15, 0.2) is 24.3 Å². The van der Waals surface area contributed by atoms with Gasteiger partial charge in [0.25, 0.3) is 0 Å². The molecule has 0 aliphatic heterocycles. The van der Waals surface area contributed by atoms with E-state index in [0.29, 0.717) is 12.3 Å². The second-order valence-corrected chi connectivity index (χ2v) is 6.26. The Labute approximate surface area is 122 Å². The van der Waals surface area contributed by atoms with Gasteiger partial charge in [0.05, 0.1) is 5.92 Å².